The highest BCUT2D eigenvalue weighted by Gasteiger charge is 2.12. The smallest absolute Gasteiger partial charge is 0.243 e. The van der Waals surface area contributed by atoms with Crippen LogP contribution in [0, 0.1) is 5.82 Å². The molecule has 0 unspecified atom stereocenters. The second kappa shape index (κ2) is 7.42. The number of amides is 1. The summed E-state index contributed by atoms with van der Waals surface area (Å²) in [5.41, 5.74) is 0.561. The van der Waals surface area contributed by atoms with Crippen molar-refractivity contribution in [3.8, 4) is 0 Å². The third-order valence-electron chi connectivity index (χ3n) is 3.12. The number of hydrogen-bond acceptors (Lipinski definition) is 2. The van der Waals surface area contributed by atoms with Gasteiger partial charge in [-0.1, -0.05) is 12.2 Å². The van der Waals surface area contributed by atoms with E-state index in [1.807, 2.05) is 0 Å². The van der Waals surface area contributed by atoms with Gasteiger partial charge >= 0.3 is 0 Å². The van der Waals surface area contributed by atoms with Crippen LogP contribution in [0.2, 0.25) is 0 Å². The zero-order chi connectivity index (χ0) is 15.1. The summed E-state index contributed by atoms with van der Waals surface area (Å²) in [6.45, 7) is 0.0944. The van der Waals surface area contributed by atoms with Crippen LogP contribution >= 0.6 is 0 Å². The Morgan fingerprint density at radius 1 is 1.29 bits per heavy atom. The molecular weight excluding hydrogens is 271 g/mol. The molecule has 0 aromatic heterocycles. The number of benzene rings is 1. The minimum Gasteiger partial charge on any atom is -0.353 e. The first kappa shape index (κ1) is 15.0. The maximum absolute atomic E-state index is 12.8. The molecule has 0 radical (unpaired) electrons. The molecule has 0 fully saturated rings. The average molecular weight is 290 g/mol. The summed E-state index contributed by atoms with van der Waals surface area (Å²) in [7, 11) is 1.66. The number of carbonyl (C=O) groups is 1. The lowest BCUT2D eigenvalue weighted by Gasteiger charge is -2.16. The van der Waals surface area contributed by atoms with Crippen molar-refractivity contribution in [2.75, 3.05) is 18.9 Å². The Bertz CT molecular complexity index is 531. The molecule has 1 aromatic carbocycles. The van der Waals surface area contributed by atoms with Crippen molar-refractivity contribution in [1.29, 1.82) is 0 Å². The van der Waals surface area contributed by atoms with Crippen molar-refractivity contribution < 1.29 is 9.18 Å². The van der Waals surface area contributed by atoms with Crippen LogP contribution in [0.3, 0.4) is 0 Å². The van der Waals surface area contributed by atoms with Crippen LogP contribution in [0.4, 0.5) is 10.1 Å². The monoisotopic (exact) mass is 290 g/mol. The Morgan fingerprint density at radius 3 is 2.57 bits per heavy atom. The number of guanidine groups is 1. The summed E-state index contributed by atoms with van der Waals surface area (Å²) < 4.78 is 12.8. The maximum atomic E-state index is 12.8. The van der Waals surface area contributed by atoms with Gasteiger partial charge in [0, 0.05) is 18.8 Å². The molecule has 112 valence electrons. The fraction of sp³-hybridized carbons (Fsp3) is 0.333. The molecule has 0 atom stereocenters. The molecular formula is C15H19FN4O. The van der Waals surface area contributed by atoms with Crippen molar-refractivity contribution in [2.24, 2.45) is 4.99 Å². The quantitative estimate of drug-likeness (QED) is 0.449. The number of aliphatic imine (C=N–C) groups is 1. The maximum Gasteiger partial charge on any atom is 0.243 e. The molecule has 1 aliphatic rings. The van der Waals surface area contributed by atoms with Crippen LogP contribution in [-0.2, 0) is 4.79 Å². The van der Waals surface area contributed by atoms with Gasteiger partial charge in [0.2, 0.25) is 5.91 Å². The molecule has 5 nitrogen and oxygen atoms in total. The van der Waals surface area contributed by atoms with Gasteiger partial charge in [0.05, 0.1) is 6.54 Å². The summed E-state index contributed by atoms with van der Waals surface area (Å²) in [5.74, 6) is 0.0490. The largest absolute Gasteiger partial charge is 0.353 e. The van der Waals surface area contributed by atoms with Crippen LogP contribution in [0.25, 0.3) is 0 Å². The van der Waals surface area contributed by atoms with Crippen LogP contribution < -0.4 is 16.0 Å². The molecule has 1 amide bonds. The Balaban J connectivity index is 1.75. The molecule has 0 aliphatic heterocycles. The molecule has 0 spiro atoms. The van der Waals surface area contributed by atoms with Gasteiger partial charge in [-0.3, -0.25) is 9.79 Å². The van der Waals surface area contributed by atoms with E-state index in [-0.39, 0.29) is 18.3 Å². The van der Waals surface area contributed by atoms with Gasteiger partial charge in [-0.15, -0.1) is 0 Å². The lowest BCUT2D eigenvalue weighted by atomic mass is 10.2. The topological polar surface area (TPSA) is 65.5 Å². The van der Waals surface area contributed by atoms with Gasteiger partial charge in [-0.2, -0.15) is 0 Å². The van der Waals surface area contributed by atoms with E-state index in [1.54, 1.807) is 7.05 Å². The Kier molecular flexibility index (Phi) is 5.31. The van der Waals surface area contributed by atoms with Gasteiger partial charge in [0.1, 0.15) is 5.82 Å². The highest BCUT2D eigenvalue weighted by atomic mass is 19.1. The Morgan fingerprint density at radius 2 is 1.95 bits per heavy atom. The van der Waals surface area contributed by atoms with Crippen LogP contribution in [0.15, 0.2) is 41.4 Å². The summed E-state index contributed by atoms with van der Waals surface area (Å²) >= 11 is 0. The molecule has 3 N–H and O–H groups in total. The summed E-state index contributed by atoms with van der Waals surface area (Å²) in [6.07, 6.45) is 6.16. The SMILES string of the molecule is CN=C(NCC(=O)Nc1ccc(F)cc1)NC1CC=CC1. The summed E-state index contributed by atoms with van der Waals surface area (Å²) in [6, 6.07) is 5.97. The molecule has 21 heavy (non-hydrogen) atoms. The second-order valence-corrected chi connectivity index (χ2v) is 4.76. The molecule has 2 rings (SSSR count). The molecule has 1 aromatic rings. The minimum atomic E-state index is -0.333. The number of halogens is 1. The first-order chi connectivity index (χ1) is 10.2. The predicted molar refractivity (Wildman–Crippen MR) is 81.7 cm³/mol. The van der Waals surface area contributed by atoms with Gasteiger partial charge in [-0.05, 0) is 37.1 Å². The fourth-order valence-corrected chi connectivity index (χ4v) is 2.03. The van der Waals surface area contributed by atoms with E-state index in [1.165, 1.54) is 24.3 Å². The lowest BCUT2D eigenvalue weighted by molar-refractivity contribution is -0.115. The van der Waals surface area contributed by atoms with Gasteiger partial charge in [0.25, 0.3) is 0 Å². The zero-order valence-electron chi connectivity index (χ0n) is 11.9. The van der Waals surface area contributed by atoms with E-state index < -0.39 is 0 Å². The van der Waals surface area contributed by atoms with E-state index in [9.17, 15) is 9.18 Å². The number of hydrogen-bond donors (Lipinski definition) is 3. The second-order valence-electron chi connectivity index (χ2n) is 4.76. The van der Waals surface area contributed by atoms with E-state index >= 15 is 0 Å². The number of carbonyl (C=O) groups excluding carboxylic acids is 1. The number of rotatable bonds is 4. The van der Waals surface area contributed by atoms with Crippen LogP contribution in [0.5, 0.6) is 0 Å². The molecule has 6 heteroatoms. The normalized spacial score (nSPS) is 15.0. The van der Waals surface area contributed by atoms with Crippen molar-refractivity contribution in [2.45, 2.75) is 18.9 Å². The van der Waals surface area contributed by atoms with Crippen molar-refractivity contribution in [1.82, 2.24) is 10.6 Å². The Labute approximate surface area is 123 Å². The third kappa shape index (κ3) is 4.91. The highest BCUT2D eigenvalue weighted by Crippen LogP contribution is 2.09. The molecule has 0 saturated carbocycles. The van der Waals surface area contributed by atoms with Crippen molar-refractivity contribution in [3.05, 3.63) is 42.2 Å². The number of anilines is 1. The highest BCUT2D eigenvalue weighted by molar-refractivity contribution is 5.95. The zero-order valence-corrected chi connectivity index (χ0v) is 11.9. The van der Waals surface area contributed by atoms with Crippen LogP contribution in [0.1, 0.15) is 12.8 Å². The van der Waals surface area contributed by atoms with Gasteiger partial charge < -0.3 is 16.0 Å². The van der Waals surface area contributed by atoms with Crippen molar-refractivity contribution >= 4 is 17.6 Å². The average Bonchev–Trinajstić information content (AvgIpc) is 2.99. The van der Waals surface area contributed by atoms with E-state index in [4.69, 9.17) is 0 Å². The molecule has 0 saturated heterocycles. The molecule has 1 aliphatic carbocycles. The predicted octanol–water partition coefficient (Wildman–Crippen LogP) is 1.65. The molecule has 0 bridgehead atoms. The van der Waals surface area contributed by atoms with E-state index in [2.05, 4.69) is 33.1 Å². The van der Waals surface area contributed by atoms with Crippen LogP contribution in [-0.4, -0.2) is 31.5 Å². The fourth-order valence-electron chi connectivity index (χ4n) is 2.03. The summed E-state index contributed by atoms with van der Waals surface area (Å²) in [5, 5.41) is 8.87. The van der Waals surface area contributed by atoms with Crippen molar-refractivity contribution in [3.63, 3.8) is 0 Å². The first-order valence-electron chi connectivity index (χ1n) is 6.85. The van der Waals surface area contributed by atoms with Gasteiger partial charge in [-0.25, -0.2) is 4.39 Å². The Hall–Kier alpha value is -2.37. The van der Waals surface area contributed by atoms with Gasteiger partial charge in [0.15, 0.2) is 5.96 Å². The number of nitrogens with one attached hydrogen (secondary N) is 3. The minimum absolute atomic E-state index is 0.0944. The van der Waals surface area contributed by atoms with E-state index in [0.29, 0.717) is 17.7 Å². The summed E-state index contributed by atoms with van der Waals surface area (Å²) in [4.78, 5) is 15.9. The first-order valence-corrected chi connectivity index (χ1v) is 6.85. The standard InChI is InChI=1S/C15H19FN4O/c1-17-15(20-12-4-2-3-5-12)18-10-14(21)19-13-8-6-11(16)7-9-13/h2-3,6-9,12H,4-5,10H2,1H3,(H,19,21)(H2,17,18,20). The molecule has 0 heterocycles. The third-order valence-corrected chi connectivity index (χ3v) is 3.12. The number of nitrogens with zero attached hydrogens (tertiary/aromatic N) is 1. The lowest BCUT2D eigenvalue weighted by Crippen LogP contribution is -2.45. The van der Waals surface area contributed by atoms with E-state index in [0.717, 1.165) is 12.8 Å².